The predicted octanol–water partition coefficient (Wildman–Crippen LogP) is 3.64. The van der Waals surface area contributed by atoms with Crippen molar-refractivity contribution in [3.63, 3.8) is 0 Å². The van der Waals surface area contributed by atoms with E-state index in [1.807, 2.05) is 0 Å². The Kier molecular flexibility index (Phi) is 5.00. The van der Waals surface area contributed by atoms with Crippen molar-refractivity contribution in [1.82, 2.24) is 5.43 Å². The summed E-state index contributed by atoms with van der Waals surface area (Å²) in [5.74, 6) is -0.531. The van der Waals surface area contributed by atoms with E-state index in [0.717, 1.165) is 0 Å². The molecule has 30 heavy (non-hydrogen) atoms. The standard InChI is InChI=1S/C23H16N2O5/c26-18-10-5-14(11-20(18)28)13-24-25-23(29)16-8-6-15(7-9-16)22-12-19(27)17-3-1-2-4-21(17)30-22/h1-13,26,28H,(H,25,29)/b24-13+. The molecule has 3 N–H and O–H groups in total. The summed E-state index contributed by atoms with van der Waals surface area (Å²) in [4.78, 5) is 24.5. The first-order chi connectivity index (χ1) is 14.5. The molecule has 0 aliphatic carbocycles. The lowest BCUT2D eigenvalue weighted by Gasteiger charge is -2.05. The number of nitrogens with one attached hydrogen (secondary N) is 1. The summed E-state index contributed by atoms with van der Waals surface area (Å²) in [5.41, 5.74) is 4.29. The maximum absolute atomic E-state index is 12.3. The van der Waals surface area contributed by atoms with Gasteiger partial charge in [-0.1, -0.05) is 24.3 Å². The molecule has 4 rings (SSSR count). The minimum absolute atomic E-state index is 0.136. The fourth-order valence-electron chi connectivity index (χ4n) is 2.88. The average molecular weight is 400 g/mol. The number of phenolic OH excluding ortho intramolecular Hbond substituents is 2. The van der Waals surface area contributed by atoms with Crippen molar-refractivity contribution in [3.05, 3.63) is 94.1 Å². The molecule has 7 heteroatoms. The van der Waals surface area contributed by atoms with Crippen molar-refractivity contribution in [2.45, 2.75) is 0 Å². The fourth-order valence-corrected chi connectivity index (χ4v) is 2.88. The molecule has 1 heterocycles. The fraction of sp³-hybridized carbons (Fsp3) is 0. The van der Waals surface area contributed by atoms with Crippen LogP contribution in [-0.4, -0.2) is 22.3 Å². The van der Waals surface area contributed by atoms with Gasteiger partial charge < -0.3 is 14.6 Å². The van der Waals surface area contributed by atoms with Gasteiger partial charge in [0.05, 0.1) is 11.6 Å². The molecule has 0 aliphatic heterocycles. The van der Waals surface area contributed by atoms with Gasteiger partial charge in [-0.3, -0.25) is 9.59 Å². The topological polar surface area (TPSA) is 112 Å². The third-order valence-corrected chi connectivity index (χ3v) is 4.45. The Hall–Kier alpha value is -4.39. The second-order valence-electron chi connectivity index (χ2n) is 6.50. The van der Waals surface area contributed by atoms with Crippen molar-refractivity contribution in [2.75, 3.05) is 0 Å². The maximum atomic E-state index is 12.3. The van der Waals surface area contributed by atoms with Crippen LogP contribution in [0.5, 0.6) is 11.5 Å². The van der Waals surface area contributed by atoms with E-state index in [1.165, 1.54) is 30.5 Å². The van der Waals surface area contributed by atoms with Crippen LogP contribution in [0.2, 0.25) is 0 Å². The Labute approximate surface area is 170 Å². The maximum Gasteiger partial charge on any atom is 0.271 e. The van der Waals surface area contributed by atoms with Gasteiger partial charge in [-0.2, -0.15) is 5.10 Å². The highest BCUT2D eigenvalue weighted by molar-refractivity contribution is 5.95. The van der Waals surface area contributed by atoms with Gasteiger partial charge in [0.1, 0.15) is 11.3 Å². The van der Waals surface area contributed by atoms with E-state index in [-0.39, 0.29) is 16.9 Å². The quantitative estimate of drug-likeness (QED) is 0.275. The normalized spacial score (nSPS) is 11.1. The summed E-state index contributed by atoms with van der Waals surface area (Å²) < 4.78 is 5.80. The third kappa shape index (κ3) is 3.90. The third-order valence-electron chi connectivity index (χ3n) is 4.45. The summed E-state index contributed by atoms with van der Waals surface area (Å²) in [7, 11) is 0. The Morgan fingerprint density at radius 3 is 2.47 bits per heavy atom. The number of carbonyl (C=O) groups excluding carboxylic acids is 1. The van der Waals surface area contributed by atoms with Crippen LogP contribution < -0.4 is 10.9 Å². The highest BCUT2D eigenvalue weighted by Gasteiger charge is 2.09. The van der Waals surface area contributed by atoms with Gasteiger partial charge in [-0.15, -0.1) is 0 Å². The molecular formula is C23H16N2O5. The molecule has 0 saturated heterocycles. The summed E-state index contributed by atoms with van der Waals surface area (Å²) >= 11 is 0. The lowest BCUT2D eigenvalue weighted by molar-refractivity contribution is 0.0955. The number of para-hydroxylation sites is 1. The number of hydrazone groups is 1. The van der Waals surface area contributed by atoms with Crippen LogP contribution in [0, 0.1) is 0 Å². The van der Waals surface area contributed by atoms with E-state index in [1.54, 1.807) is 48.5 Å². The van der Waals surface area contributed by atoms with Crippen LogP contribution in [0.25, 0.3) is 22.3 Å². The number of phenols is 2. The van der Waals surface area contributed by atoms with Crippen molar-refractivity contribution >= 4 is 23.1 Å². The summed E-state index contributed by atoms with van der Waals surface area (Å²) in [6, 6.07) is 19.2. The highest BCUT2D eigenvalue weighted by Crippen LogP contribution is 2.24. The smallest absolute Gasteiger partial charge is 0.271 e. The van der Waals surface area contributed by atoms with E-state index < -0.39 is 5.91 Å². The molecule has 0 fully saturated rings. The van der Waals surface area contributed by atoms with Gasteiger partial charge in [0.15, 0.2) is 16.9 Å². The zero-order valence-electron chi connectivity index (χ0n) is 15.6. The highest BCUT2D eigenvalue weighted by atomic mass is 16.3. The van der Waals surface area contributed by atoms with Crippen LogP contribution >= 0.6 is 0 Å². The number of carbonyl (C=O) groups is 1. The number of amides is 1. The van der Waals surface area contributed by atoms with Crippen molar-refractivity contribution in [1.29, 1.82) is 0 Å². The van der Waals surface area contributed by atoms with E-state index in [4.69, 9.17) is 4.42 Å². The van der Waals surface area contributed by atoms with Crippen molar-refractivity contribution in [3.8, 4) is 22.8 Å². The molecule has 7 nitrogen and oxygen atoms in total. The zero-order valence-corrected chi connectivity index (χ0v) is 15.6. The number of nitrogens with zero attached hydrogens (tertiary/aromatic N) is 1. The van der Waals surface area contributed by atoms with Crippen LogP contribution in [0.4, 0.5) is 0 Å². The minimum atomic E-state index is -0.430. The molecule has 0 spiro atoms. The van der Waals surface area contributed by atoms with Gasteiger partial charge >= 0.3 is 0 Å². The van der Waals surface area contributed by atoms with Crippen LogP contribution in [0.15, 0.2) is 87.1 Å². The van der Waals surface area contributed by atoms with Gasteiger partial charge in [-0.25, -0.2) is 5.43 Å². The molecule has 0 aliphatic rings. The summed E-state index contributed by atoms with van der Waals surface area (Å²) in [6.07, 6.45) is 1.34. The summed E-state index contributed by atoms with van der Waals surface area (Å²) in [5, 5.41) is 23.1. The molecule has 3 aromatic carbocycles. The van der Waals surface area contributed by atoms with Crippen molar-refractivity contribution in [2.24, 2.45) is 5.10 Å². The van der Waals surface area contributed by atoms with E-state index >= 15 is 0 Å². The molecule has 0 atom stereocenters. The number of hydrogen-bond acceptors (Lipinski definition) is 6. The minimum Gasteiger partial charge on any atom is -0.504 e. The van der Waals surface area contributed by atoms with Crippen LogP contribution in [0.3, 0.4) is 0 Å². The molecule has 0 saturated carbocycles. The Morgan fingerprint density at radius 2 is 1.70 bits per heavy atom. The monoisotopic (exact) mass is 400 g/mol. The summed E-state index contributed by atoms with van der Waals surface area (Å²) in [6.45, 7) is 0. The largest absolute Gasteiger partial charge is 0.504 e. The lowest BCUT2D eigenvalue weighted by Crippen LogP contribution is -2.17. The van der Waals surface area contributed by atoms with E-state index in [9.17, 15) is 19.8 Å². The predicted molar refractivity (Wildman–Crippen MR) is 113 cm³/mol. The molecular weight excluding hydrogens is 384 g/mol. The first-order valence-corrected chi connectivity index (χ1v) is 9.00. The first kappa shape index (κ1) is 18.9. The SMILES string of the molecule is O=C(N/N=C/c1ccc(O)c(O)c1)c1ccc(-c2cc(=O)c3ccccc3o2)cc1. The molecule has 0 bridgehead atoms. The lowest BCUT2D eigenvalue weighted by atomic mass is 10.1. The average Bonchev–Trinajstić information content (AvgIpc) is 2.76. The molecule has 0 unspecified atom stereocenters. The molecule has 1 aromatic heterocycles. The number of aromatic hydroxyl groups is 2. The number of benzene rings is 3. The van der Waals surface area contributed by atoms with Crippen LogP contribution in [0.1, 0.15) is 15.9 Å². The van der Waals surface area contributed by atoms with E-state index in [2.05, 4.69) is 10.5 Å². The van der Waals surface area contributed by atoms with Gasteiger partial charge in [0, 0.05) is 17.2 Å². The Balaban J connectivity index is 1.49. The van der Waals surface area contributed by atoms with Gasteiger partial charge in [-0.05, 0) is 48.0 Å². The van der Waals surface area contributed by atoms with Gasteiger partial charge in [0.25, 0.3) is 5.91 Å². The van der Waals surface area contributed by atoms with E-state index in [0.29, 0.717) is 33.4 Å². The molecule has 1 amide bonds. The van der Waals surface area contributed by atoms with Gasteiger partial charge in [0.2, 0.25) is 0 Å². The van der Waals surface area contributed by atoms with Crippen LogP contribution in [-0.2, 0) is 0 Å². The molecule has 0 radical (unpaired) electrons. The second-order valence-corrected chi connectivity index (χ2v) is 6.50. The second kappa shape index (κ2) is 7.92. The van der Waals surface area contributed by atoms with Crippen molar-refractivity contribution < 1.29 is 19.4 Å². The Bertz CT molecular complexity index is 1320. The Morgan fingerprint density at radius 1 is 0.933 bits per heavy atom. The number of rotatable bonds is 4. The molecule has 148 valence electrons. The zero-order chi connectivity index (χ0) is 21.1. The first-order valence-electron chi connectivity index (χ1n) is 9.00. The number of hydrogen-bond donors (Lipinski definition) is 3. The number of fused-ring (bicyclic) bond motifs is 1. The molecule has 4 aromatic rings.